The molecule has 4 heteroatoms. The number of hydrogen-bond acceptors (Lipinski definition) is 2. The van der Waals surface area contributed by atoms with Gasteiger partial charge in [0.15, 0.2) is 0 Å². The summed E-state index contributed by atoms with van der Waals surface area (Å²) >= 11 is 9.62. The van der Waals surface area contributed by atoms with Crippen molar-refractivity contribution in [2.45, 2.75) is 4.75 Å². The normalized spacial score (nSPS) is 19.5. The Balaban J connectivity index is 2.36. The predicted molar refractivity (Wildman–Crippen MR) is 61.0 cm³/mol. The number of ether oxygens (including phenoxy) is 1. The Labute approximate surface area is 107 Å². The molecule has 2 rings (SSSR count). The van der Waals surface area contributed by atoms with Gasteiger partial charge in [-0.1, -0.05) is 0 Å². The van der Waals surface area contributed by atoms with E-state index in [4.69, 9.17) is 4.74 Å². The summed E-state index contributed by atoms with van der Waals surface area (Å²) in [4.78, 5) is 0. The molecule has 13 heavy (non-hydrogen) atoms. The van der Waals surface area contributed by atoms with Gasteiger partial charge in [-0.05, 0) is 0 Å². The first kappa shape index (κ1) is 10.4. The van der Waals surface area contributed by atoms with Gasteiger partial charge in [-0.3, -0.25) is 0 Å². The molecule has 0 N–H and O–H groups in total. The molecule has 0 saturated carbocycles. The van der Waals surface area contributed by atoms with E-state index in [1.54, 1.807) is 0 Å². The van der Waals surface area contributed by atoms with Gasteiger partial charge in [0.25, 0.3) is 0 Å². The molecule has 0 atom stereocenters. The Kier molecular flexibility index (Phi) is 3.06. The Hall–Kier alpha value is 0.906. The predicted octanol–water partition coefficient (Wildman–Crippen LogP) is 1.40. The van der Waals surface area contributed by atoms with Crippen LogP contribution in [0.1, 0.15) is 5.56 Å². The van der Waals surface area contributed by atoms with E-state index in [0.717, 1.165) is 13.2 Å². The number of hydrogen-bond donors (Lipinski definition) is 1. The quantitative estimate of drug-likeness (QED) is 0.634. The first-order valence-corrected chi connectivity index (χ1v) is 6.72. The van der Waals surface area contributed by atoms with Crippen molar-refractivity contribution in [3.05, 3.63) is 28.2 Å². The van der Waals surface area contributed by atoms with E-state index >= 15 is 0 Å². The molecular formula is C9H8BrOPoS. The third-order valence-corrected chi connectivity index (χ3v) is 5.83. The van der Waals surface area contributed by atoms with Gasteiger partial charge in [0.1, 0.15) is 0 Å². The molecule has 1 heterocycles. The van der Waals surface area contributed by atoms with E-state index in [2.05, 4.69) is 46.8 Å². The average molecular weight is 453 g/mol. The molecule has 0 unspecified atom stereocenters. The van der Waals surface area contributed by atoms with Crippen molar-refractivity contribution in [3.63, 3.8) is 0 Å². The Bertz CT molecular complexity index is 338. The fourth-order valence-corrected chi connectivity index (χ4v) is 2.45. The van der Waals surface area contributed by atoms with E-state index in [9.17, 15) is 0 Å². The van der Waals surface area contributed by atoms with Crippen molar-refractivity contribution in [2.24, 2.45) is 0 Å². The zero-order valence-electron chi connectivity index (χ0n) is 6.79. The summed E-state index contributed by atoms with van der Waals surface area (Å²) in [5.74, 6) is 0. The first-order chi connectivity index (χ1) is 6.12. The van der Waals surface area contributed by atoms with Crippen molar-refractivity contribution in [1.29, 1.82) is 0 Å². The van der Waals surface area contributed by atoms with Gasteiger partial charge in [0.2, 0.25) is 0 Å². The fraction of sp³-hybridized carbons (Fsp3) is 0.333. The summed E-state index contributed by atoms with van der Waals surface area (Å²) in [5.41, 5.74) is 1.25. The first-order valence-electron chi connectivity index (χ1n) is 3.89. The van der Waals surface area contributed by atoms with Crippen LogP contribution in [-0.2, 0) is 9.48 Å². The van der Waals surface area contributed by atoms with Crippen molar-refractivity contribution < 1.29 is 4.74 Å². The number of halogens is 1. The summed E-state index contributed by atoms with van der Waals surface area (Å²) in [6.07, 6.45) is 0. The summed E-state index contributed by atoms with van der Waals surface area (Å²) in [7, 11) is 0. The zero-order chi connectivity index (χ0) is 9.47. The topological polar surface area (TPSA) is 9.23 Å². The van der Waals surface area contributed by atoms with Crippen LogP contribution in [0.15, 0.2) is 22.7 Å². The van der Waals surface area contributed by atoms with Gasteiger partial charge in [0.05, 0.1) is 0 Å². The molecule has 1 fully saturated rings. The molecule has 1 radical (unpaired) electrons. The van der Waals surface area contributed by atoms with Gasteiger partial charge in [0, 0.05) is 0 Å². The van der Waals surface area contributed by atoms with Crippen LogP contribution in [-0.4, -0.2) is 38.3 Å². The molecule has 1 saturated heterocycles. The Morgan fingerprint density at radius 2 is 2.15 bits per heavy atom. The van der Waals surface area contributed by atoms with Crippen molar-refractivity contribution >= 4 is 56.8 Å². The Morgan fingerprint density at radius 1 is 1.46 bits per heavy atom. The second-order valence-electron chi connectivity index (χ2n) is 3.17. The molecule has 0 spiro atoms. The van der Waals surface area contributed by atoms with E-state index in [1.165, 1.54) is 38.3 Å². The maximum absolute atomic E-state index is 5.18. The summed E-state index contributed by atoms with van der Waals surface area (Å²) < 4.78 is 7.64. The van der Waals surface area contributed by atoms with Gasteiger partial charge >= 0.3 is 108 Å². The second-order valence-corrected chi connectivity index (χ2v) is 6.59. The van der Waals surface area contributed by atoms with Crippen LogP contribution in [0.4, 0.5) is 0 Å². The SMILES string of the molecule is SC1(c2cc[c]([Po])c(Br)c2)COC1. The fourth-order valence-electron chi connectivity index (χ4n) is 1.25. The molecule has 0 aromatic heterocycles. The summed E-state index contributed by atoms with van der Waals surface area (Å²) in [6.45, 7) is 1.44. The van der Waals surface area contributed by atoms with Gasteiger partial charge < -0.3 is 0 Å². The standard InChI is InChI=1S/C9H8BrOS.Po/c10-8-3-1-2-7(4-8)9(12)5-11-6-9;/h1-2,4,12H,5-6H2;. The van der Waals surface area contributed by atoms with E-state index in [1.807, 2.05) is 0 Å². The van der Waals surface area contributed by atoms with E-state index in [-0.39, 0.29) is 4.75 Å². The molecule has 1 aliphatic heterocycles. The monoisotopic (exact) mass is 452 g/mol. The molecule has 0 bridgehead atoms. The van der Waals surface area contributed by atoms with Gasteiger partial charge in [-0.15, -0.1) is 0 Å². The minimum absolute atomic E-state index is 0.0500. The maximum atomic E-state index is 5.18. The van der Waals surface area contributed by atoms with Gasteiger partial charge in [-0.2, -0.15) is 0 Å². The molecule has 0 amide bonds. The third kappa shape index (κ3) is 1.97. The van der Waals surface area contributed by atoms with Crippen molar-refractivity contribution in [1.82, 2.24) is 0 Å². The van der Waals surface area contributed by atoms with E-state index in [0.29, 0.717) is 0 Å². The molecule has 69 valence electrons. The van der Waals surface area contributed by atoms with Crippen LogP contribution in [0.2, 0.25) is 0 Å². The molecule has 0 aliphatic carbocycles. The van der Waals surface area contributed by atoms with Crippen LogP contribution in [0.25, 0.3) is 0 Å². The number of thiol groups is 1. The molecular weight excluding hydrogens is 445 g/mol. The van der Waals surface area contributed by atoms with Gasteiger partial charge in [-0.25, -0.2) is 0 Å². The number of benzene rings is 1. The van der Waals surface area contributed by atoms with Crippen LogP contribution in [0, 0.1) is 0 Å². The molecule has 1 aromatic carbocycles. The van der Waals surface area contributed by atoms with Crippen molar-refractivity contribution in [2.75, 3.05) is 13.2 Å². The summed E-state index contributed by atoms with van der Waals surface area (Å²) in [6, 6.07) is 6.44. The van der Waals surface area contributed by atoms with Crippen LogP contribution in [0.3, 0.4) is 0 Å². The van der Waals surface area contributed by atoms with Crippen LogP contribution < -0.4 is 3.22 Å². The molecule has 1 nitrogen and oxygen atoms in total. The molecule has 1 aromatic rings. The van der Waals surface area contributed by atoms with Crippen molar-refractivity contribution in [3.8, 4) is 0 Å². The van der Waals surface area contributed by atoms with Crippen LogP contribution >= 0.6 is 28.6 Å². The number of rotatable bonds is 1. The Morgan fingerprint density at radius 3 is 2.62 bits per heavy atom. The third-order valence-electron chi connectivity index (χ3n) is 2.15. The minimum atomic E-state index is -0.0500. The average Bonchev–Trinajstić information content (AvgIpc) is 2.06. The van der Waals surface area contributed by atoms with Crippen LogP contribution in [0.5, 0.6) is 0 Å². The van der Waals surface area contributed by atoms with E-state index < -0.39 is 0 Å². The second kappa shape index (κ2) is 3.81. The zero-order valence-corrected chi connectivity index (χ0v) is 12.4. The molecule has 1 aliphatic rings. The summed E-state index contributed by atoms with van der Waals surface area (Å²) in [5, 5.41) is 0.